The molecule has 0 saturated carbocycles. The minimum Gasteiger partial charge on any atom is -0.504 e. The Balaban J connectivity index is 2.42. The van der Waals surface area contributed by atoms with Gasteiger partial charge in [0.05, 0.1) is 11.5 Å². The van der Waals surface area contributed by atoms with E-state index >= 15 is 0 Å². The molecule has 21 heavy (non-hydrogen) atoms. The molecule has 1 heterocycles. The molecule has 1 fully saturated rings. The number of hydrogen-bond donors (Lipinski definition) is 1. The molecule has 112 valence electrons. The van der Waals surface area contributed by atoms with E-state index < -0.39 is 0 Å². The van der Waals surface area contributed by atoms with Crippen LogP contribution in [0.25, 0.3) is 6.08 Å². The molecular weight excluding hydrogens is 358 g/mol. The molecule has 5 nitrogen and oxygen atoms in total. The molecule has 2 amide bonds. The Morgan fingerprint density at radius 1 is 1.38 bits per heavy atom. The van der Waals surface area contributed by atoms with Crippen LogP contribution in [-0.2, 0) is 4.79 Å². The summed E-state index contributed by atoms with van der Waals surface area (Å²) in [6.07, 6.45) is 1.50. The van der Waals surface area contributed by atoms with Gasteiger partial charge >= 0.3 is 0 Å². The first-order chi connectivity index (χ1) is 9.97. The molecule has 0 aliphatic carbocycles. The molecular formula is C14H14BrNO4S. The Labute approximate surface area is 135 Å². The summed E-state index contributed by atoms with van der Waals surface area (Å²) in [4.78, 5) is 25.2. The van der Waals surface area contributed by atoms with Crippen molar-refractivity contribution in [3.05, 3.63) is 27.1 Å². The predicted octanol–water partition coefficient (Wildman–Crippen LogP) is 3.61. The molecule has 0 radical (unpaired) electrons. The van der Waals surface area contributed by atoms with Gasteiger partial charge in [0.25, 0.3) is 11.1 Å². The van der Waals surface area contributed by atoms with Crippen LogP contribution in [-0.4, -0.2) is 34.3 Å². The van der Waals surface area contributed by atoms with E-state index in [1.807, 2.05) is 6.92 Å². The van der Waals surface area contributed by atoms with Crippen LogP contribution < -0.4 is 4.74 Å². The highest BCUT2D eigenvalue weighted by Gasteiger charge is 2.33. The first-order valence-corrected chi connectivity index (χ1v) is 7.99. The van der Waals surface area contributed by atoms with Gasteiger partial charge in [-0.1, -0.05) is 15.9 Å². The third-order valence-corrected chi connectivity index (χ3v) is 4.21. The minimum absolute atomic E-state index is 0.0525. The number of aromatic hydroxyl groups is 1. The maximum absolute atomic E-state index is 12.0. The number of carbonyl (C=O) groups excluding carboxylic acids is 2. The van der Waals surface area contributed by atoms with E-state index in [2.05, 4.69) is 15.9 Å². The fourth-order valence-corrected chi connectivity index (χ4v) is 3.23. The molecule has 0 unspecified atom stereocenters. The number of ether oxygens (including phenoxy) is 1. The first kappa shape index (κ1) is 15.9. The molecule has 1 aromatic rings. The molecule has 1 saturated heterocycles. The number of likely N-dealkylation sites (N-methyl/N-ethyl adjacent to an activating group) is 1. The van der Waals surface area contributed by atoms with Crippen molar-refractivity contribution in [3.63, 3.8) is 0 Å². The van der Waals surface area contributed by atoms with Gasteiger partial charge in [-0.25, -0.2) is 0 Å². The number of phenols is 1. The number of benzene rings is 1. The summed E-state index contributed by atoms with van der Waals surface area (Å²) in [6.45, 7) is 4.29. The second-order valence-corrected chi connectivity index (χ2v) is 6.11. The van der Waals surface area contributed by atoms with Gasteiger partial charge in [-0.05, 0) is 43.8 Å². The van der Waals surface area contributed by atoms with Crippen LogP contribution in [0.5, 0.6) is 11.5 Å². The topological polar surface area (TPSA) is 66.8 Å². The highest BCUT2D eigenvalue weighted by atomic mass is 79.9. The molecule has 0 bridgehead atoms. The second-order valence-electron chi connectivity index (χ2n) is 4.20. The summed E-state index contributed by atoms with van der Waals surface area (Å²) >= 11 is 4.20. The van der Waals surface area contributed by atoms with Gasteiger partial charge in [-0.3, -0.25) is 14.5 Å². The summed E-state index contributed by atoms with van der Waals surface area (Å²) in [5.74, 6) is -0.0685. The molecule has 1 aromatic carbocycles. The average molecular weight is 372 g/mol. The summed E-state index contributed by atoms with van der Waals surface area (Å²) < 4.78 is 6.05. The van der Waals surface area contributed by atoms with E-state index in [0.717, 1.165) is 16.7 Å². The van der Waals surface area contributed by atoms with Crippen molar-refractivity contribution in [1.29, 1.82) is 0 Å². The fraction of sp³-hybridized carbons (Fsp3) is 0.286. The van der Waals surface area contributed by atoms with Crippen molar-refractivity contribution >= 4 is 44.9 Å². The SMILES string of the molecule is CCOc1cc(Br)cc(/C=C2/SC(=O)N(CC)C2=O)c1O. The number of carbonyl (C=O) groups is 2. The van der Waals surface area contributed by atoms with E-state index in [-0.39, 0.29) is 21.8 Å². The van der Waals surface area contributed by atoms with Gasteiger partial charge < -0.3 is 9.84 Å². The molecule has 0 spiro atoms. The van der Waals surface area contributed by atoms with Gasteiger partial charge in [0.2, 0.25) is 0 Å². The predicted molar refractivity (Wildman–Crippen MR) is 85.3 cm³/mol. The Morgan fingerprint density at radius 3 is 2.67 bits per heavy atom. The van der Waals surface area contributed by atoms with Crippen molar-refractivity contribution in [1.82, 2.24) is 4.90 Å². The van der Waals surface area contributed by atoms with Gasteiger partial charge in [0.1, 0.15) is 0 Å². The number of thioether (sulfide) groups is 1. The van der Waals surface area contributed by atoms with Crippen LogP contribution in [0.4, 0.5) is 4.79 Å². The highest BCUT2D eigenvalue weighted by Crippen LogP contribution is 2.38. The lowest BCUT2D eigenvalue weighted by molar-refractivity contribution is -0.122. The number of amides is 2. The van der Waals surface area contributed by atoms with Crippen molar-refractivity contribution < 1.29 is 19.4 Å². The van der Waals surface area contributed by atoms with Crippen molar-refractivity contribution in [3.8, 4) is 11.5 Å². The zero-order chi connectivity index (χ0) is 15.6. The normalized spacial score (nSPS) is 16.9. The van der Waals surface area contributed by atoms with Crippen molar-refractivity contribution in [2.45, 2.75) is 13.8 Å². The molecule has 1 aliphatic heterocycles. The quantitative estimate of drug-likeness (QED) is 0.818. The summed E-state index contributed by atoms with van der Waals surface area (Å²) in [5.41, 5.74) is 0.425. The standard InChI is InChI=1S/C14H14BrNO4S/c1-3-16-13(18)11(21-14(16)19)6-8-5-9(15)7-10(12(8)17)20-4-2/h5-7,17H,3-4H2,1-2H3/b11-6+. The average Bonchev–Trinajstić information content (AvgIpc) is 2.69. The van der Waals surface area contributed by atoms with Gasteiger partial charge in [-0.15, -0.1) is 0 Å². The van der Waals surface area contributed by atoms with E-state index in [9.17, 15) is 14.7 Å². The van der Waals surface area contributed by atoms with Crippen LogP contribution >= 0.6 is 27.7 Å². The van der Waals surface area contributed by atoms with Gasteiger partial charge in [0.15, 0.2) is 11.5 Å². The number of phenolic OH excluding ortho intramolecular Hbond substituents is 1. The number of nitrogens with zero attached hydrogens (tertiary/aromatic N) is 1. The Kier molecular flexibility index (Phi) is 4.95. The number of imide groups is 1. The maximum atomic E-state index is 12.0. The monoisotopic (exact) mass is 371 g/mol. The molecule has 2 rings (SSSR count). The van der Waals surface area contributed by atoms with E-state index in [1.54, 1.807) is 19.1 Å². The van der Waals surface area contributed by atoms with Crippen molar-refractivity contribution in [2.75, 3.05) is 13.2 Å². The number of rotatable bonds is 4. The highest BCUT2D eigenvalue weighted by molar-refractivity contribution is 9.10. The van der Waals surface area contributed by atoms with Crippen LogP contribution in [0.2, 0.25) is 0 Å². The zero-order valence-electron chi connectivity index (χ0n) is 11.6. The minimum atomic E-state index is -0.343. The smallest absolute Gasteiger partial charge is 0.293 e. The Bertz CT molecular complexity index is 630. The maximum Gasteiger partial charge on any atom is 0.293 e. The molecule has 0 aromatic heterocycles. The lowest BCUT2D eigenvalue weighted by Gasteiger charge is -2.09. The Morgan fingerprint density at radius 2 is 2.10 bits per heavy atom. The van der Waals surface area contributed by atoms with Crippen LogP contribution in [0.15, 0.2) is 21.5 Å². The lowest BCUT2D eigenvalue weighted by atomic mass is 10.1. The summed E-state index contributed by atoms with van der Waals surface area (Å²) in [5, 5.41) is 9.87. The first-order valence-electron chi connectivity index (χ1n) is 6.38. The molecule has 7 heteroatoms. The number of hydrogen-bond acceptors (Lipinski definition) is 5. The summed E-state index contributed by atoms with van der Waals surface area (Å²) in [6, 6.07) is 3.31. The van der Waals surface area contributed by atoms with Crippen LogP contribution in [0, 0.1) is 0 Å². The van der Waals surface area contributed by atoms with Crippen LogP contribution in [0.3, 0.4) is 0 Å². The van der Waals surface area contributed by atoms with Crippen LogP contribution in [0.1, 0.15) is 19.4 Å². The Hall–Kier alpha value is -1.47. The van der Waals surface area contributed by atoms with Gasteiger partial charge in [0, 0.05) is 16.6 Å². The third-order valence-electron chi connectivity index (χ3n) is 2.85. The van der Waals surface area contributed by atoms with E-state index in [0.29, 0.717) is 28.9 Å². The summed E-state index contributed by atoms with van der Waals surface area (Å²) in [7, 11) is 0. The van der Waals surface area contributed by atoms with E-state index in [4.69, 9.17) is 4.74 Å². The zero-order valence-corrected chi connectivity index (χ0v) is 14.0. The van der Waals surface area contributed by atoms with E-state index in [1.165, 1.54) is 6.08 Å². The molecule has 1 N–H and O–H groups in total. The lowest BCUT2D eigenvalue weighted by Crippen LogP contribution is -2.27. The number of halogens is 1. The third kappa shape index (κ3) is 3.24. The van der Waals surface area contributed by atoms with Crippen molar-refractivity contribution in [2.24, 2.45) is 0 Å². The molecule has 1 aliphatic rings. The largest absolute Gasteiger partial charge is 0.504 e. The fourth-order valence-electron chi connectivity index (χ4n) is 1.88. The second kappa shape index (κ2) is 6.53. The van der Waals surface area contributed by atoms with Gasteiger partial charge in [-0.2, -0.15) is 0 Å². The molecule has 0 atom stereocenters.